The number of rotatable bonds is 7. The van der Waals surface area contributed by atoms with E-state index in [9.17, 15) is 5.11 Å². The number of aliphatic hydroxyl groups is 1. The fourth-order valence-corrected chi connectivity index (χ4v) is 3.26. The van der Waals surface area contributed by atoms with Gasteiger partial charge in [0.25, 0.3) is 0 Å². The Bertz CT molecular complexity index is 782. The molecular weight excluding hydrogens is 493 g/mol. The van der Waals surface area contributed by atoms with Crippen LogP contribution in [0.5, 0.6) is 5.75 Å². The number of aliphatic imine (C=N–C) groups is 1. The number of aromatic nitrogens is 1. The summed E-state index contributed by atoms with van der Waals surface area (Å²) in [7, 11) is 0. The first-order valence-electron chi connectivity index (χ1n) is 10.2. The van der Waals surface area contributed by atoms with Gasteiger partial charge in [-0.1, -0.05) is 18.2 Å². The van der Waals surface area contributed by atoms with E-state index in [1.54, 1.807) is 0 Å². The van der Waals surface area contributed by atoms with E-state index in [1.165, 1.54) is 0 Å². The van der Waals surface area contributed by atoms with Crippen molar-refractivity contribution < 1.29 is 9.84 Å². The quantitative estimate of drug-likeness (QED) is 0.329. The van der Waals surface area contributed by atoms with Gasteiger partial charge in [-0.15, -0.1) is 24.0 Å². The number of benzene rings is 1. The summed E-state index contributed by atoms with van der Waals surface area (Å²) in [6.45, 7) is 8.88. The normalized spacial score (nSPS) is 15.4. The fourth-order valence-electron chi connectivity index (χ4n) is 3.26. The molecule has 3 rings (SSSR count). The van der Waals surface area contributed by atoms with Gasteiger partial charge >= 0.3 is 0 Å². The van der Waals surface area contributed by atoms with Crippen molar-refractivity contribution in [1.29, 1.82) is 0 Å². The van der Waals surface area contributed by atoms with E-state index in [0.29, 0.717) is 6.54 Å². The molecule has 30 heavy (non-hydrogen) atoms. The Kier molecular flexibility index (Phi) is 10.2. The molecular formula is C22H32IN5O2. The van der Waals surface area contributed by atoms with Gasteiger partial charge in [0.1, 0.15) is 24.3 Å². The second-order valence-corrected chi connectivity index (χ2v) is 7.14. The number of anilines is 1. The van der Waals surface area contributed by atoms with Crippen LogP contribution in [0.4, 0.5) is 5.82 Å². The monoisotopic (exact) mass is 525 g/mol. The van der Waals surface area contributed by atoms with Crippen LogP contribution in [-0.2, 0) is 0 Å². The fraction of sp³-hybridized carbons (Fsp3) is 0.455. The van der Waals surface area contributed by atoms with Crippen molar-refractivity contribution in [3.8, 4) is 5.75 Å². The van der Waals surface area contributed by atoms with Crippen LogP contribution >= 0.6 is 24.0 Å². The number of halogens is 1. The highest BCUT2D eigenvalue weighted by atomic mass is 127. The Morgan fingerprint density at radius 1 is 1.20 bits per heavy atom. The third kappa shape index (κ3) is 7.32. The lowest BCUT2D eigenvalue weighted by atomic mass is 10.2. The Hall–Kier alpha value is -2.07. The molecule has 1 aromatic heterocycles. The molecule has 1 aliphatic heterocycles. The van der Waals surface area contributed by atoms with Crippen molar-refractivity contribution in [2.75, 3.05) is 50.8 Å². The van der Waals surface area contributed by atoms with Crippen LogP contribution in [-0.4, -0.2) is 72.9 Å². The molecule has 0 amide bonds. The molecule has 1 unspecified atom stereocenters. The molecule has 1 aliphatic rings. The van der Waals surface area contributed by atoms with Crippen molar-refractivity contribution in [2.45, 2.75) is 20.0 Å². The average Bonchev–Trinajstić information content (AvgIpc) is 2.76. The Morgan fingerprint density at radius 2 is 2.00 bits per heavy atom. The van der Waals surface area contributed by atoms with Crippen LogP contribution < -0.4 is 15.0 Å². The lowest BCUT2D eigenvalue weighted by molar-refractivity contribution is 0.114. The lowest BCUT2D eigenvalue weighted by Gasteiger charge is -2.37. The summed E-state index contributed by atoms with van der Waals surface area (Å²) >= 11 is 0. The number of pyridine rings is 1. The minimum atomic E-state index is -0.654. The van der Waals surface area contributed by atoms with Gasteiger partial charge in [0.2, 0.25) is 0 Å². The summed E-state index contributed by atoms with van der Waals surface area (Å²) in [6.07, 6.45) is 1.17. The van der Waals surface area contributed by atoms with Gasteiger partial charge in [0.15, 0.2) is 5.96 Å². The van der Waals surface area contributed by atoms with Crippen molar-refractivity contribution in [3.63, 3.8) is 0 Å². The third-order valence-corrected chi connectivity index (χ3v) is 4.77. The van der Waals surface area contributed by atoms with Gasteiger partial charge in [0, 0.05) is 38.9 Å². The number of ether oxygens (including phenoxy) is 1. The van der Waals surface area contributed by atoms with Crippen molar-refractivity contribution in [1.82, 2.24) is 15.2 Å². The van der Waals surface area contributed by atoms with Gasteiger partial charge in [-0.2, -0.15) is 0 Å². The van der Waals surface area contributed by atoms with E-state index in [0.717, 1.165) is 55.8 Å². The van der Waals surface area contributed by atoms with Crippen LogP contribution in [0.15, 0.2) is 53.7 Å². The lowest BCUT2D eigenvalue weighted by Crippen LogP contribution is -2.53. The Morgan fingerprint density at radius 3 is 2.67 bits per heavy atom. The first-order chi connectivity index (χ1) is 14.2. The molecule has 0 spiro atoms. The molecule has 0 radical (unpaired) electrons. The molecule has 2 N–H and O–H groups in total. The smallest absolute Gasteiger partial charge is 0.194 e. The molecule has 164 valence electrons. The number of hydrogen-bond donors (Lipinski definition) is 2. The molecule has 1 atom stereocenters. The SMILES string of the molecule is CCNC(=NCC(O)COc1cccc(C)c1)N1CCN(c2ccccn2)CC1.I. The van der Waals surface area contributed by atoms with Gasteiger partial charge in [-0.3, -0.25) is 4.99 Å². The predicted molar refractivity (Wildman–Crippen MR) is 132 cm³/mol. The minimum absolute atomic E-state index is 0. The number of aryl methyl sites for hydroxylation is 1. The van der Waals surface area contributed by atoms with Gasteiger partial charge in [0.05, 0.1) is 6.54 Å². The molecule has 2 heterocycles. The van der Waals surface area contributed by atoms with Crippen molar-refractivity contribution >= 4 is 35.8 Å². The second-order valence-electron chi connectivity index (χ2n) is 7.14. The number of nitrogens with zero attached hydrogens (tertiary/aromatic N) is 4. The molecule has 8 heteroatoms. The van der Waals surface area contributed by atoms with Crippen LogP contribution in [0, 0.1) is 6.92 Å². The molecule has 1 saturated heterocycles. The van der Waals surface area contributed by atoms with E-state index in [-0.39, 0.29) is 30.6 Å². The molecule has 1 aromatic carbocycles. The van der Waals surface area contributed by atoms with Crippen LogP contribution in [0.2, 0.25) is 0 Å². The van der Waals surface area contributed by atoms with E-state index < -0.39 is 6.10 Å². The molecule has 1 fully saturated rings. The second kappa shape index (κ2) is 12.6. The Balaban J connectivity index is 0.00000320. The van der Waals surface area contributed by atoms with Crippen molar-refractivity contribution in [2.24, 2.45) is 4.99 Å². The van der Waals surface area contributed by atoms with Gasteiger partial charge in [-0.25, -0.2) is 4.98 Å². The highest BCUT2D eigenvalue weighted by Gasteiger charge is 2.20. The summed E-state index contributed by atoms with van der Waals surface area (Å²) in [5.41, 5.74) is 1.13. The topological polar surface area (TPSA) is 73.2 Å². The van der Waals surface area contributed by atoms with Crippen LogP contribution in [0.1, 0.15) is 12.5 Å². The summed E-state index contributed by atoms with van der Waals surface area (Å²) in [5, 5.41) is 13.6. The first kappa shape index (κ1) is 24.2. The number of hydrogen-bond acceptors (Lipinski definition) is 5. The summed E-state index contributed by atoms with van der Waals surface area (Å²) in [6, 6.07) is 13.8. The van der Waals surface area contributed by atoms with E-state index in [4.69, 9.17) is 4.74 Å². The van der Waals surface area contributed by atoms with Gasteiger partial charge < -0.3 is 25.0 Å². The zero-order valence-corrected chi connectivity index (χ0v) is 20.0. The minimum Gasteiger partial charge on any atom is -0.491 e. The van der Waals surface area contributed by atoms with E-state index in [1.807, 2.05) is 55.6 Å². The highest BCUT2D eigenvalue weighted by molar-refractivity contribution is 14.0. The molecule has 7 nitrogen and oxygen atoms in total. The molecule has 0 saturated carbocycles. The predicted octanol–water partition coefficient (Wildman–Crippen LogP) is 2.54. The zero-order chi connectivity index (χ0) is 20.5. The highest BCUT2D eigenvalue weighted by Crippen LogP contribution is 2.14. The van der Waals surface area contributed by atoms with Gasteiger partial charge in [-0.05, 0) is 43.7 Å². The number of nitrogens with one attached hydrogen (secondary N) is 1. The standard InChI is InChI=1S/C22H31N5O2.HI/c1-3-23-22(25-16-19(28)17-29-20-8-6-7-18(2)15-20)27-13-11-26(12-14-27)21-9-4-5-10-24-21;/h4-10,15,19,28H,3,11-14,16-17H2,1-2H3,(H,23,25);1H. The first-order valence-corrected chi connectivity index (χ1v) is 10.2. The summed E-state index contributed by atoms with van der Waals surface area (Å²) in [5.74, 6) is 2.62. The van der Waals surface area contributed by atoms with Crippen LogP contribution in [0.25, 0.3) is 0 Å². The third-order valence-electron chi connectivity index (χ3n) is 4.77. The average molecular weight is 525 g/mol. The van der Waals surface area contributed by atoms with Crippen molar-refractivity contribution in [3.05, 3.63) is 54.2 Å². The Labute approximate surface area is 196 Å². The number of guanidine groups is 1. The number of piperazine rings is 1. The molecule has 0 aliphatic carbocycles. The van der Waals surface area contributed by atoms with Crippen LogP contribution in [0.3, 0.4) is 0 Å². The van der Waals surface area contributed by atoms with E-state index >= 15 is 0 Å². The maximum absolute atomic E-state index is 10.3. The number of aliphatic hydroxyl groups excluding tert-OH is 1. The van der Waals surface area contributed by atoms with E-state index in [2.05, 4.69) is 32.0 Å². The maximum atomic E-state index is 10.3. The maximum Gasteiger partial charge on any atom is 0.194 e. The zero-order valence-electron chi connectivity index (χ0n) is 17.7. The molecule has 0 bridgehead atoms. The summed E-state index contributed by atoms with van der Waals surface area (Å²) in [4.78, 5) is 13.6. The summed E-state index contributed by atoms with van der Waals surface area (Å²) < 4.78 is 5.68. The molecule has 2 aromatic rings. The largest absolute Gasteiger partial charge is 0.491 e.